The largest absolute Gasteiger partial charge is 0.493 e. The van der Waals surface area contributed by atoms with Crippen molar-refractivity contribution in [2.45, 2.75) is 36.5 Å². The van der Waals surface area contributed by atoms with Crippen molar-refractivity contribution in [3.63, 3.8) is 0 Å². The van der Waals surface area contributed by atoms with Crippen molar-refractivity contribution >= 4 is 102 Å². The molecule has 0 radical (unpaired) electrons. The molecular weight excluding hydrogens is 1080 g/mol. The van der Waals surface area contributed by atoms with E-state index in [0.717, 1.165) is 0 Å². The Balaban J connectivity index is 0.000000271. The molecule has 0 saturated heterocycles. The molecule has 73 heavy (non-hydrogen) atoms. The molecule has 0 aliphatic rings. The zero-order chi connectivity index (χ0) is 53.6. The lowest BCUT2D eigenvalue weighted by atomic mass is 10.1. The van der Waals surface area contributed by atoms with Gasteiger partial charge in [-0.2, -0.15) is 0 Å². The predicted octanol–water partition coefficient (Wildman–Crippen LogP) is 9.36. The Kier molecular flexibility index (Phi) is 20.0. The zero-order valence-corrected chi connectivity index (χ0v) is 43.5. The van der Waals surface area contributed by atoms with Gasteiger partial charge in [0.05, 0.1) is 48.5 Å². The number of nitrogens with one attached hydrogen (secondary N) is 5. The monoisotopic (exact) mass is 1120 g/mol. The fourth-order valence-electron chi connectivity index (χ4n) is 6.44. The molecule has 19 nitrogen and oxygen atoms in total. The summed E-state index contributed by atoms with van der Waals surface area (Å²) >= 11 is 24.0. The fourth-order valence-corrected chi connectivity index (χ4v) is 10.1. The molecule has 6 rings (SSSR count). The van der Waals surface area contributed by atoms with Crippen LogP contribution in [0.15, 0.2) is 119 Å². The summed E-state index contributed by atoms with van der Waals surface area (Å²) in [6, 6.07) is 25.5. The molecule has 6 aromatic rings. The highest BCUT2D eigenvalue weighted by atomic mass is 35.5. The first-order chi connectivity index (χ1) is 34.6. The van der Waals surface area contributed by atoms with E-state index in [1.807, 2.05) is 0 Å². The van der Waals surface area contributed by atoms with Crippen molar-refractivity contribution in [2.75, 3.05) is 36.8 Å². The Morgan fingerprint density at radius 2 is 0.918 bits per heavy atom. The van der Waals surface area contributed by atoms with Crippen LogP contribution in [0, 0.1) is 0 Å². The van der Waals surface area contributed by atoms with E-state index in [4.69, 9.17) is 75.7 Å². The number of rotatable bonds is 20. The lowest BCUT2D eigenvalue weighted by Gasteiger charge is -2.17. The van der Waals surface area contributed by atoms with E-state index in [2.05, 4.69) is 20.1 Å². The van der Waals surface area contributed by atoms with Gasteiger partial charge in [-0.15, -0.1) is 0 Å². The van der Waals surface area contributed by atoms with E-state index in [1.165, 1.54) is 111 Å². The summed E-state index contributed by atoms with van der Waals surface area (Å²) < 4.78 is 80.0. The minimum absolute atomic E-state index is 0.0403. The van der Waals surface area contributed by atoms with Crippen LogP contribution in [0.2, 0.25) is 20.1 Å². The highest BCUT2D eigenvalue weighted by Crippen LogP contribution is 2.40. The molecule has 0 aromatic heterocycles. The lowest BCUT2D eigenvalue weighted by molar-refractivity contribution is -0.136. The maximum atomic E-state index is 13.2. The average molecular weight is 1120 g/mol. The summed E-state index contributed by atoms with van der Waals surface area (Å²) in [6.07, 6.45) is -0.327. The fraction of sp³-hybridized carbons (Fsp3) is 0.167. The molecule has 0 aliphatic heterocycles. The number of carboxylic acid groups (broad SMARTS) is 1. The molecule has 6 aromatic carbocycles. The smallest absolute Gasteiger partial charge is 0.307 e. The number of sulfonamides is 2. The van der Waals surface area contributed by atoms with Crippen LogP contribution in [0.4, 0.5) is 11.4 Å². The molecule has 3 amide bonds. The summed E-state index contributed by atoms with van der Waals surface area (Å²) in [5.41, 5.74) is 2.86. The van der Waals surface area contributed by atoms with E-state index in [-0.39, 0.29) is 99.7 Å². The number of benzene rings is 6. The molecule has 0 saturated carbocycles. The number of amides is 3. The van der Waals surface area contributed by atoms with E-state index < -0.39 is 43.7 Å². The van der Waals surface area contributed by atoms with Gasteiger partial charge in [-0.05, 0) is 122 Å². The van der Waals surface area contributed by atoms with Crippen molar-refractivity contribution in [2.24, 2.45) is 0 Å². The maximum absolute atomic E-state index is 13.2. The Labute approximate surface area is 439 Å². The van der Waals surface area contributed by atoms with Crippen LogP contribution in [-0.4, -0.2) is 78.1 Å². The second-order valence-corrected chi connectivity index (χ2v) is 19.9. The third-order valence-corrected chi connectivity index (χ3v) is 13.9. The van der Waals surface area contributed by atoms with Gasteiger partial charge in [0.1, 0.15) is 9.79 Å². The molecule has 25 heteroatoms. The molecule has 0 unspecified atom stereocenters. The Hall–Kier alpha value is -6.98. The highest BCUT2D eigenvalue weighted by molar-refractivity contribution is 7.93. The number of hydrogen-bond donors (Lipinski definition) is 7. The molecule has 7 N–H and O–H groups in total. The normalized spacial score (nSPS) is 11.0. The third-order valence-electron chi connectivity index (χ3n) is 9.75. The summed E-state index contributed by atoms with van der Waals surface area (Å²) in [7, 11) is -5.66. The molecule has 386 valence electrons. The number of carbonyl (C=O) groups excluding carboxylic acids is 3. The van der Waals surface area contributed by atoms with Crippen LogP contribution >= 0.6 is 46.4 Å². The van der Waals surface area contributed by atoms with Crippen molar-refractivity contribution in [1.82, 2.24) is 16.1 Å². The first kappa shape index (κ1) is 56.9. The number of carbonyl (C=O) groups is 4. The minimum Gasteiger partial charge on any atom is -0.493 e. The van der Waals surface area contributed by atoms with Crippen LogP contribution in [0.3, 0.4) is 0 Å². The minimum atomic E-state index is -4.22. The van der Waals surface area contributed by atoms with Gasteiger partial charge in [0.25, 0.3) is 31.9 Å². The van der Waals surface area contributed by atoms with Gasteiger partial charge in [-0.3, -0.25) is 33.8 Å². The van der Waals surface area contributed by atoms with E-state index in [1.54, 1.807) is 31.5 Å². The standard InChI is InChI=1S/C24H23Cl2N3O7S.C24H22Cl2N2O7S/c1-3-27-24(31)15-5-8-19(36-20-7-4-14(10-21(20)35-2)11-23(30)28-32)18(12-15)29-37(33,34)22-9-6-16(25)13-17(22)26;1-3-27-24(31)15-5-8-19(35-20-7-4-14(11-23(29)30)10-21(20)34-2)18(12-15)28-36(32,33)22-9-6-16(25)13-17(22)26/h4-10,12-13,29,32H,3,11H2,1-2H3,(H,27,31)(H,28,30);4-10,12-13,28H,3,11H2,1-2H3,(H,27,31)(H,29,30). The second kappa shape index (κ2) is 25.6. The van der Waals surface area contributed by atoms with Crippen LogP contribution in [0.5, 0.6) is 34.5 Å². The van der Waals surface area contributed by atoms with Gasteiger partial charge in [0.15, 0.2) is 34.5 Å². The molecule has 0 atom stereocenters. The lowest BCUT2D eigenvalue weighted by Crippen LogP contribution is -2.23. The Morgan fingerprint density at radius 1 is 0.521 bits per heavy atom. The van der Waals surface area contributed by atoms with Crippen LogP contribution in [-0.2, 0) is 42.5 Å². The first-order valence-corrected chi connectivity index (χ1v) is 25.7. The highest BCUT2D eigenvalue weighted by Gasteiger charge is 2.25. The number of halogens is 4. The van der Waals surface area contributed by atoms with Crippen LogP contribution in [0.25, 0.3) is 0 Å². The number of anilines is 2. The topological polar surface area (TPSA) is 274 Å². The van der Waals surface area contributed by atoms with Crippen LogP contribution < -0.4 is 44.5 Å². The molecule has 0 aliphatic carbocycles. The van der Waals surface area contributed by atoms with Crippen molar-refractivity contribution in [1.29, 1.82) is 0 Å². The number of hydroxylamine groups is 1. The third kappa shape index (κ3) is 15.5. The van der Waals surface area contributed by atoms with Crippen molar-refractivity contribution < 1.29 is 65.3 Å². The van der Waals surface area contributed by atoms with E-state index in [0.29, 0.717) is 24.2 Å². The van der Waals surface area contributed by atoms with Crippen molar-refractivity contribution in [3.8, 4) is 34.5 Å². The first-order valence-electron chi connectivity index (χ1n) is 21.3. The average Bonchev–Trinajstić information content (AvgIpc) is 3.33. The number of methoxy groups -OCH3 is 2. The number of hydrogen-bond acceptors (Lipinski definition) is 13. The van der Waals surface area contributed by atoms with Gasteiger partial charge in [0.2, 0.25) is 5.91 Å². The molecular formula is C48H45Cl4N5O14S2. The second-order valence-electron chi connectivity index (χ2n) is 15.0. The maximum Gasteiger partial charge on any atom is 0.307 e. The molecule has 0 bridgehead atoms. The molecule has 0 fully saturated rings. The van der Waals surface area contributed by atoms with Crippen molar-refractivity contribution in [3.05, 3.63) is 152 Å². The molecule has 0 spiro atoms. The van der Waals surface area contributed by atoms with Gasteiger partial charge in [-0.1, -0.05) is 58.5 Å². The summed E-state index contributed by atoms with van der Waals surface area (Å²) in [4.78, 5) is 46.9. The summed E-state index contributed by atoms with van der Waals surface area (Å²) in [5.74, 6) is -1.47. The number of ether oxygens (including phenoxy) is 4. The van der Waals surface area contributed by atoms with E-state index in [9.17, 15) is 36.0 Å². The number of aliphatic carboxylic acids is 1. The quantitative estimate of drug-likeness (QED) is 0.0277. The zero-order valence-electron chi connectivity index (χ0n) is 38.8. The summed E-state index contributed by atoms with van der Waals surface area (Å²) in [5, 5.41) is 23.4. The predicted molar refractivity (Wildman–Crippen MR) is 275 cm³/mol. The number of carboxylic acids is 1. The van der Waals surface area contributed by atoms with Gasteiger partial charge in [-0.25, -0.2) is 22.3 Å². The Bertz CT molecular complexity index is 3270. The van der Waals surface area contributed by atoms with Gasteiger partial charge in [0, 0.05) is 34.3 Å². The van der Waals surface area contributed by atoms with Gasteiger partial charge < -0.3 is 34.7 Å². The summed E-state index contributed by atoms with van der Waals surface area (Å²) in [6.45, 7) is 4.25. The SMILES string of the molecule is CCNC(=O)c1ccc(Oc2ccc(CC(=O)NO)cc2OC)c(NS(=O)(=O)c2ccc(Cl)cc2Cl)c1.CCNC(=O)c1ccc(Oc2ccc(CC(=O)O)cc2OC)c(NS(=O)(=O)c2ccc(Cl)cc2Cl)c1. The van der Waals surface area contributed by atoms with Gasteiger partial charge >= 0.3 is 5.97 Å². The van der Waals surface area contributed by atoms with Crippen LogP contribution in [0.1, 0.15) is 45.7 Å². The molecule has 0 heterocycles. The van der Waals surface area contributed by atoms with E-state index >= 15 is 0 Å². The Morgan fingerprint density at radius 3 is 1.27 bits per heavy atom.